The van der Waals surface area contributed by atoms with Gasteiger partial charge in [0.15, 0.2) is 0 Å². The Hall–Kier alpha value is -0.960. The molecule has 0 aliphatic heterocycles. The van der Waals surface area contributed by atoms with E-state index in [1.54, 1.807) is 17.6 Å². The normalized spacial score (nSPS) is 10.9. The summed E-state index contributed by atoms with van der Waals surface area (Å²) in [7, 11) is 0. The number of hydrogen-bond acceptors (Lipinski definition) is 3. The minimum absolute atomic E-state index is 0.926. The predicted octanol–water partition coefficient (Wildman–Crippen LogP) is 3.21. The van der Waals surface area contributed by atoms with Crippen LogP contribution in [0.1, 0.15) is 24.5 Å². The SMILES string of the molecule is C=C(C)c1nc(C)sc1N=CC. The lowest BCUT2D eigenvalue weighted by Crippen LogP contribution is -1.78. The van der Waals surface area contributed by atoms with Gasteiger partial charge in [0.25, 0.3) is 0 Å². The molecule has 1 rings (SSSR count). The van der Waals surface area contributed by atoms with Crippen molar-refractivity contribution in [2.75, 3.05) is 0 Å². The Balaban J connectivity index is 3.17. The van der Waals surface area contributed by atoms with E-state index in [0.717, 1.165) is 21.3 Å². The lowest BCUT2D eigenvalue weighted by Gasteiger charge is -1.92. The summed E-state index contributed by atoms with van der Waals surface area (Å²) in [6.07, 6.45) is 1.78. The average molecular weight is 180 g/mol. The van der Waals surface area contributed by atoms with Crippen LogP contribution in [0, 0.1) is 6.92 Å². The van der Waals surface area contributed by atoms with Crippen molar-refractivity contribution in [3.8, 4) is 0 Å². The van der Waals surface area contributed by atoms with Gasteiger partial charge in [-0.05, 0) is 26.3 Å². The van der Waals surface area contributed by atoms with Crippen molar-refractivity contribution in [3.05, 3.63) is 17.3 Å². The van der Waals surface area contributed by atoms with Crippen molar-refractivity contribution in [1.29, 1.82) is 0 Å². The first kappa shape index (κ1) is 9.13. The highest BCUT2D eigenvalue weighted by Crippen LogP contribution is 2.30. The lowest BCUT2D eigenvalue weighted by molar-refractivity contribution is 1.25. The van der Waals surface area contributed by atoms with E-state index in [4.69, 9.17) is 0 Å². The maximum atomic E-state index is 4.33. The first-order chi connectivity index (χ1) is 5.65. The molecule has 0 atom stereocenters. The standard InChI is InChI=1S/C9H12N2S/c1-5-10-9-8(6(2)3)11-7(4)12-9/h5H,2H2,1,3-4H3. The third-order valence-corrected chi connectivity index (χ3v) is 2.25. The number of hydrogen-bond donors (Lipinski definition) is 0. The fourth-order valence-electron chi connectivity index (χ4n) is 0.899. The smallest absolute Gasteiger partial charge is 0.143 e. The molecular weight excluding hydrogens is 168 g/mol. The van der Waals surface area contributed by atoms with Crippen molar-refractivity contribution in [1.82, 2.24) is 4.98 Å². The predicted molar refractivity (Wildman–Crippen MR) is 55.4 cm³/mol. The maximum Gasteiger partial charge on any atom is 0.143 e. The van der Waals surface area contributed by atoms with Gasteiger partial charge in [-0.1, -0.05) is 17.9 Å². The third-order valence-electron chi connectivity index (χ3n) is 1.37. The summed E-state index contributed by atoms with van der Waals surface area (Å²) in [6.45, 7) is 9.68. The molecule has 0 unspecified atom stereocenters. The molecule has 0 radical (unpaired) electrons. The van der Waals surface area contributed by atoms with E-state index in [1.165, 1.54) is 0 Å². The molecule has 0 bridgehead atoms. The van der Waals surface area contributed by atoms with Gasteiger partial charge >= 0.3 is 0 Å². The van der Waals surface area contributed by atoms with Crippen LogP contribution in [0.5, 0.6) is 0 Å². The van der Waals surface area contributed by atoms with E-state index in [2.05, 4.69) is 16.6 Å². The van der Waals surface area contributed by atoms with Crippen molar-refractivity contribution >= 4 is 28.1 Å². The van der Waals surface area contributed by atoms with Crippen LogP contribution in [-0.2, 0) is 0 Å². The van der Waals surface area contributed by atoms with E-state index >= 15 is 0 Å². The molecule has 0 fully saturated rings. The van der Waals surface area contributed by atoms with Crippen LogP contribution >= 0.6 is 11.3 Å². The molecule has 0 saturated heterocycles. The molecule has 1 heterocycles. The van der Waals surface area contributed by atoms with Gasteiger partial charge in [0.05, 0.1) is 5.01 Å². The number of aromatic nitrogens is 1. The second-order valence-electron chi connectivity index (χ2n) is 2.55. The molecule has 0 saturated carbocycles. The third kappa shape index (κ3) is 1.80. The summed E-state index contributed by atoms with van der Waals surface area (Å²) in [5, 5.41) is 2.00. The molecular formula is C9H12N2S. The number of aryl methyl sites for hydroxylation is 1. The van der Waals surface area contributed by atoms with Crippen LogP contribution in [0.2, 0.25) is 0 Å². The lowest BCUT2D eigenvalue weighted by atomic mass is 10.2. The van der Waals surface area contributed by atoms with E-state index in [-0.39, 0.29) is 0 Å². The minimum Gasteiger partial charge on any atom is -0.248 e. The molecule has 0 spiro atoms. The summed E-state index contributed by atoms with van der Waals surface area (Å²) in [5.74, 6) is 0. The summed E-state index contributed by atoms with van der Waals surface area (Å²) in [6, 6.07) is 0. The zero-order chi connectivity index (χ0) is 9.14. The molecule has 0 aliphatic rings. The van der Waals surface area contributed by atoms with Crippen molar-refractivity contribution in [3.63, 3.8) is 0 Å². The highest BCUT2D eigenvalue weighted by Gasteiger charge is 2.06. The summed E-state index contributed by atoms with van der Waals surface area (Å²) >= 11 is 1.60. The van der Waals surface area contributed by atoms with Crippen LogP contribution in [-0.4, -0.2) is 11.2 Å². The first-order valence-electron chi connectivity index (χ1n) is 3.77. The molecule has 0 aliphatic carbocycles. The number of thiazole rings is 1. The summed E-state index contributed by atoms with van der Waals surface area (Å²) in [4.78, 5) is 8.55. The largest absolute Gasteiger partial charge is 0.248 e. The van der Waals surface area contributed by atoms with Crippen molar-refractivity contribution in [2.24, 2.45) is 4.99 Å². The van der Waals surface area contributed by atoms with Crippen LogP contribution in [0.25, 0.3) is 5.57 Å². The van der Waals surface area contributed by atoms with E-state index in [9.17, 15) is 0 Å². The van der Waals surface area contributed by atoms with Crippen LogP contribution in [0.15, 0.2) is 11.6 Å². The second kappa shape index (κ2) is 3.63. The van der Waals surface area contributed by atoms with E-state index in [0.29, 0.717) is 0 Å². The average Bonchev–Trinajstić information content (AvgIpc) is 2.32. The highest BCUT2D eigenvalue weighted by molar-refractivity contribution is 7.15. The van der Waals surface area contributed by atoms with Gasteiger partial charge in [0.1, 0.15) is 10.7 Å². The van der Waals surface area contributed by atoms with Gasteiger partial charge in [-0.15, -0.1) is 0 Å². The molecule has 1 aromatic rings. The van der Waals surface area contributed by atoms with Crippen LogP contribution in [0.4, 0.5) is 5.00 Å². The Morgan fingerprint density at radius 3 is 2.83 bits per heavy atom. The van der Waals surface area contributed by atoms with E-state index in [1.807, 2.05) is 20.8 Å². The van der Waals surface area contributed by atoms with Crippen molar-refractivity contribution in [2.45, 2.75) is 20.8 Å². The molecule has 2 nitrogen and oxygen atoms in total. The monoisotopic (exact) mass is 180 g/mol. The van der Waals surface area contributed by atoms with Crippen LogP contribution in [0.3, 0.4) is 0 Å². The number of allylic oxidation sites excluding steroid dienone is 1. The zero-order valence-electron chi connectivity index (χ0n) is 7.59. The van der Waals surface area contributed by atoms with Gasteiger partial charge in [-0.2, -0.15) is 0 Å². The van der Waals surface area contributed by atoms with Gasteiger partial charge in [-0.3, -0.25) is 0 Å². The molecule has 0 aromatic carbocycles. The number of aliphatic imine (C=N–C) groups is 1. The quantitative estimate of drug-likeness (QED) is 0.641. The van der Waals surface area contributed by atoms with Gasteiger partial charge in [0, 0.05) is 6.21 Å². The highest BCUT2D eigenvalue weighted by atomic mass is 32.1. The van der Waals surface area contributed by atoms with E-state index < -0.39 is 0 Å². The maximum absolute atomic E-state index is 4.33. The molecule has 64 valence electrons. The zero-order valence-corrected chi connectivity index (χ0v) is 8.40. The molecule has 0 N–H and O–H groups in total. The van der Waals surface area contributed by atoms with Gasteiger partial charge in [-0.25, -0.2) is 9.98 Å². The number of nitrogens with zero attached hydrogens (tertiary/aromatic N) is 2. The fourth-order valence-corrected chi connectivity index (χ4v) is 1.79. The molecule has 12 heavy (non-hydrogen) atoms. The first-order valence-corrected chi connectivity index (χ1v) is 4.58. The Bertz CT molecular complexity index is 323. The topological polar surface area (TPSA) is 25.2 Å². The Morgan fingerprint density at radius 1 is 1.67 bits per heavy atom. The number of rotatable bonds is 2. The Kier molecular flexibility index (Phi) is 2.76. The molecule has 0 amide bonds. The van der Waals surface area contributed by atoms with Gasteiger partial charge < -0.3 is 0 Å². The molecule has 1 aromatic heterocycles. The van der Waals surface area contributed by atoms with Gasteiger partial charge in [0.2, 0.25) is 0 Å². The van der Waals surface area contributed by atoms with Crippen LogP contribution < -0.4 is 0 Å². The Labute approximate surface area is 76.7 Å². The summed E-state index contributed by atoms with van der Waals surface area (Å²) in [5.41, 5.74) is 1.90. The molecule has 3 heteroatoms. The Morgan fingerprint density at radius 2 is 2.33 bits per heavy atom. The van der Waals surface area contributed by atoms with Crippen molar-refractivity contribution < 1.29 is 0 Å². The fraction of sp³-hybridized carbons (Fsp3) is 0.333. The second-order valence-corrected chi connectivity index (χ2v) is 3.74. The minimum atomic E-state index is 0.926. The summed E-state index contributed by atoms with van der Waals surface area (Å²) < 4.78 is 0.